The second-order valence-corrected chi connectivity index (χ2v) is 7.21. The van der Waals surface area contributed by atoms with E-state index in [0.717, 1.165) is 10.7 Å². The van der Waals surface area contributed by atoms with Crippen LogP contribution >= 0.6 is 22.9 Å². The zero-order chi connectivity index (χ0) is 13.9. The van der Waals surface area contributed by atoms with Gasteiger partial charge >= 0.3 is 0 Å². The van der Waals surface area contributed by atoms with E-state index < -0.39 is 10.0 Å². The highest BCUT2D eigenvalue weighted by atomic mass is 35.5. The molecule has 0 aliphatic heterocycles. The van der Waals surface area contributed by atoms with Crippen LogP contribution in [-0.2, 0) is 22.3 Å². The summed E-state index contributed by atoms with van der Waals surface area (Å²) in [4.78, 5) is 4.20. The first kappa shape index (κ1) is 14.5. The molecule has 19 heavy (non-hydrogen) atoms. The Hall–Kier alpha value is -0.950. The van der Waals surface area contributed by atoms with Crippen LogP contribution in [0.3, 0.4) is 0 Å². The van der Waals surface area contributed by atoms with E-state index in [1.807, 2.05) is 12.3 Å². The van der Waals surface area contributed by atoms with E-state index in [9.17, 15) is 8.42 Å². The predicted octanol–water partition coefficient (Wildman–Crippen LogP) is 2.72. The molecule has 1 heterocycles. The summed E-state index contributed by atoms with van der Waals surface area (Å²) < 4.78 is 26.4. The number of aryl methyl sites for hydroxylation is 1. The number of nitrogens with one attached hydrogen (secondary N) is 1. The summed E-state index contributed by atoms with van der Waals surface area (Å²) in [6.45, 7) is 2.09. The fourth-order valence-corrected chi connectivity index (χ4v) is 3.73. The number of aromatic nitrogens is 1. The monoisotopic (exact) mass is 316 g/mol. The lowest BCUT2D eigenvalue weighted by atomic mass is 10.2. The molecule has 0 radical (unpaired) electrons. The minimum absolute atomic E-state index is 0.128. The number of rotatable bonds is 5. The van der Waals surface area contributed by atoms with Gasteiger partial charge in [-0.1, -0.05) is 29.8 Å². The van der Waals surface area contributed by atoms with Crippen molar-refractivity contribution >= 4 is 33.0 Å². The molecule has 0 bridgehead atoms. The predicted molar refractivity (Wildman–Crippen MR) is 77.8 cm³/mol. The van der Waals surface area contributed by atoms with Crippen molar-refractivity contribution < 1.29 is 8.42 Å². The van der Waals surface area contributed by atoms with Crippen LogP contribution in [0.25, 0.3) is 0 Å². The van der Waals surface area contributed by atoms with Crippen molar-refractivity contribution in [2.75, 3.05) is 0 Å². The highest BCUT2D eigenvalue weighted by Crippen LogP contribution is 2.17. The Labute approximate surface area is 121 Å². The smallest absolute Gasteiger partial charge is 0.216 e. The first-order chi connectivity index (χ1) is 8.96. The zero-order valence-electron chi connectivity index (χ0n) is 10.3. The van der Waals surface area contributed by atoms with Gasteiger partial charge in [0, 0.05) is 16.1 Å². The summed E-state index contributed by atoms with van der Waals surface area (Å²) in [5, 5.41) is 3.09. The third-order valence-corrected chi connectivity index (χ3v) is 5.02. The van der Waals surface area contributed by atoms with Crippen molar-refractivity contribution in [2.24, 2.45) is 0 Å². The summed E-state index contributed by atoms with van der Waals surface area (Å²) in [5.74, 6) is -0.128. The number of sulfonamides is 1. The molecule has 0 aliphatic carbocycles. The van der Waals surface area contributed by atoms with E-state index in [-0.39, 0.29) is 12.3 Å². The molecule has 102 valence electrons. The van der Waals surface area contributed by atoms with E-state index in [0.29, 0.717) is 10.6 Å². The number of thiazole rings is 1. The van der Waals surface area contributed by atoms with Crippen molar-refractivity contribution in [1.29, 1.82) is 0 Å². The van der Waals surface area contributed by atoms with Crippen molar-refractivity contribution in [1.82, 2.24) is 9.71 Å². The second-order valence-electron chi connectivity index (χ2n) is 4.05. The third-order valence-electron chi connectivity index (χ3n) is 2.41. The lowest BCUT2D eigenvalue weighted by Gasteiger charge is -2.06. The van der Waals surface area contributed by atoms with Gasteiger partial charge in [-0.2, -0.15) is 0 Å². The molecule has 0 amide bonds. The van der Waals surface area contributed by atoms with Crippen LogP contribution in [0.2, 0.25) is 5.02 Å². The second kappa shape index (κ2) is 6.00. The summed E-state index contributed by atoms with van der Waals surface area (Å²) in [5.41, 5.74) is 1.48. The first-order valence-electron chi connectivity index (χ1n) is 5.58. The fourth-order valence-electron chi connectivity index (χ4n) is 1.53. The van der Waals surface area contributed by atoms with Crippen LogP contribution in [0.4, 0.5) is 0 Å². The maximum absolute atomic E-state index is 11.9. The molecule has 0 atom stereocenters. The maximum Gasteiger partial charge on any atom is 0.216 e. The number of hydrogen-bond acceptors (Lipinski definition) is 4. The SMILES string of the molecule is Cc1csc(CNS(=O)(=O)Cc2ccccc2Cl)n1. The lowest BCUT2D eigenvalue weighted by molar-refractivity contribution is 0.580. The molecule has 0 saturated heterocycles. The molecule has 4 nitrogen and oxygen atoms in total. The topological polar surface area (TPSA) is 59.1 Å². The molecule has 2 rings (SSSR count). The number of nitrogens with zero attached hydrogens (tertiary/aromatic N) is 1. The van der Waals surface area contributed by atoms with E-state index in [1.54, 1.807) is 24.3 Å². The normalized spacial score (nSPS) is 11.7. The van der Waals surface area contributed by atoms with Gasteiger partial charge in [-0.25, -0.2) is 18.1 Å². The minimum atomic E-state index is -3.41. The van der Waals surface area contributed by atoms with Crippen LogP contribution in [0.5, 0.6) is 0 Å². The molecular formula is C12H13ClN2O2S2. The standard InChI is InChI=1S/C12H13ClN2O2S2/c1-9-7-18-12(15-9)6-14-19(16,17)8-10-4-2-3-5-11(10)13/h2-5,7,14H,6,8H2,1H3. The quantitative estimate of drug-likeness (QED) is 0.922. The Morgan fingerprint density at radius 3 is 2.74 bits per heavy atom. The van der Waals surface area contributed by atoms with Gasteiger partial charge in [-0.15, -0.1) is 11.3 Å². The summed E-state index contributed by atoms with van der Waals surface area (Å²) in [6.07, 6.45) is 0. The minimum Gasteiger partial charge on any atom is -0.245 e. The van der Waals surface area contributed by atoms with E-state index in [4.69, 9.17) is 11.6 Å². The molecule has 0 spiro atoms. The van der Waals surface area contributed by atoms with E-state index in [2.05, 4.69) is 9.71 Å². The van der Waals surface area contributed by atoms with Crippen LogP contribution in [0, 0.1) is 6.92 Å². The Balaban J connectivity index is 2.01. The van der Waals surface area contributed by atoms with E-state index >= 15 is 0 Å². The lowest BCUT2D eigenvalue weighted by Crippen LogP contribution is -2.24. The Morgan fingerprint density at radius 2 is 2.11 bits per heavy atom. The van der Waals surface area contributed by atoms with Crippen molar-refractivity contribution in [2.45, 2.75) is 19.2 Å². The average Bonchev–Trinajstić information content (AvgIpc) is 2.76. The van der Waals surface area contributed by atoms with Crippen LogP contribution in [0.15, 0.2) is 29.6 Å². The first-order valence-corrected chi connectivity index (χ1v) is 8.49. The Kier molecular flexibility index (Phi) is 4.57. The Morgan fingerprint density at radius 1 is 1.37 bits per heavy atom. The van der Waals surface area contributed by atoms with Crippen molar-refractivity contribution in [3.63, 3.8) is 0 Å². The van der Waals surface area contributed by atoms with E-state index in [1.165, 1.54) is 11.3 Å². The average molecular weight is 317 g/mol. The molecule has 0 fully saturated rings. The number of benzene rings is 1. The van der Waals surface area contributed by atoms with Gasteiger partial charge in [0.25, 0.3) is 0 Å². The van der Waals surface area contributed by atoms with Gasteiger partial charge in [0.2, 0.25) is 10.0 Å². The molecular weight excluding hydrogens is 304 g/mol. The number of halogens is 1. The Bertz CT molecular complexity index is 668. The van der Waals surface area contributed by atoms with Crippen LogP contribution in [-0.4, -0.2) is 13.4 Å². The van der Waals surface area contributed by atoms with Gasteiger partial charge in [-0.3, -0.25) is 0 Å². The van der Waals surface area contributed by atoms with Crippen molar-refractivity contribution in [3.05, 3.63) is 50.9 Å². The van der Waals surface area contributed by atoms with Gasteiger partial charge in [0.05, 0.1) is 12.3 Å². The van der Waals surface area contributed by atoms with Gasteiger partial charge in [0.15, 0.2) is 0 Å². The summed E-state index contributed by atoms with van der Waals surface area (Å²) >= 11 is 7.38. The largest absolute Gasteiger partial charge is 0.245 e. The maximum atomic E-state index is 11.9. The molecule has 2 aromatic rings. The zero-order valence-corrected chi connectivity index (χ0v) is 12.6. The molecule has 0 saturated carbocycles. The fraction of sp³-hybridized carbons (Fsp3) is 0.250. The van der Waals surface area contributed by atoms with Gasteiger partial charge in [0.1, 0.15) is 5.01 Å². The summed E-state index contributed by atoms with van der Waals surface area (Å²) in [7, 11) is -3.41. The molecule has 1 N–H and O–H groups in total. The third kappa shape index (κ3) is 4.28. The molecule has 0 unspecified atom stereocenters. The molecule has 7 heteroatoms. The van der Waals surface area contributed by atoms with Crippen molar-refractivity contribution in [3.8, 4) is 0 Å². The highest BCUT2D eigenvalue weighted by molar-refractivity contribution is 7.88. The highest BCUT2D eigenvalue weighted by Gasteiger charge is 2.14. The number of hydrogen-bond donors (Lipinski definition) is 1. The molecule has 1 aromatic carbocycles. The molecule has 1 aromatic heterocycles. The van der Waals surface area contributed by atoms with Gasteiger partial charge < -0.3 is 0 Å². The summed E-state index contributed by atoms with van der Waals surface area (Å²) in [6, 6.07) is 6.91. The molecule has 0 aliphatic rings. The van der Waals surface area contributed by atoms with Crippen LogP contribution in [0.1, 0.15) is 16.3 Å². The van der Waals surface area contributed by atoms with Crippen LogP contribution < -0.4 is 4.72 Å². The van der Waals surface area contributed by atoms with Gasteiger partial charge in [-0.05, 0) is 18.6 Å².